The lowest BCUT2D eigenvalue weighted by molar-refractivity contribution is 0.827. The van der Waals surface area contributed by atoms with Crippen LogP contribution in [0.3, 0.4) is 0 Å². The van der Waals surface area contributed by atoms with Crippen molar-refractivity contribution in [2.45, 2.75) is 6.92 Å². The van der Waals surface area contributed by atoms with Crippen LogP contribution in [0, 0.1) is 6.92 Å². The summed E-state index contributed by atoms with van der Waals surface area (Å²) >= 11 is 1.45. The van der Waals surface area contributed by atoms with E-state index in [4.69, 9.17) is 0 Å². The first-order chi connectivity index (χ1) is 11.2. The lowest BCUT2D eigenvalue weighted by Gasteiger charge is -1.96. The molecule has 0 radical (unpaired) electrons. The van der Waals surface area contributed by atoms with Crippen molar-refractivity contribution in [3.8, 4) is 16.4 Å². The molecule has 0 unspecified atom stereocenters. The molecule has 4 rings (SSSR count). The van der Waals surface area contributed by atoms with Crippen LogP contribution in [0.4, 0.5) is 0 Å². The van der Waals surface area contributed by atoms with Crippen molar-refractivity contribution in [2.75, 3.05) is 0 Å². The molecule has 0 aliphatic heterocycles. The van der Waals surface area contributed by atoms with Gasteiger partial charge < -0.3 is 4.98 Å². The summed E-state index contributed by atoms with van der Waals surface area (Å²) in [7, 11) is 0. The van der Waals surface area contributed by atoms with Crippen LogP contribution in [-0.4, -0.2) is 19.7 Å². The lowest BCUT2D eigenvalue weighted by atomic mass is 10.2. The molecule has 0 atom stereocenters. The Labute approximate surface area is 137 Å². The largest absolute Gasteiger partial charge is 0.368 e. The van der Waals surface area contributed by atoms with Gasteiger partial charge in [0.2, 0.25) is 5.13 Å². The SMILES string of the molecule is Cc1cc(=O)n(-c2nc(-c3ccccc3)cs2)[nH]1.c1cc[nH]c1. The molecule has 0 amide bonds. The van der Waals surface area contributed by atoms with E-state index in [-0.39, 0.29) is 5.56 Å². The number of nitrogens with zero attached hydrogens (tertiary/aromatic N) is 2. The molecule has 0 aliphatic carbocycles. The summed E-state index contributed by atoms with van der Waals surface area (Å²) in [5, 5.41) is 5.59. The second-order valence-corrected chi connectivity index (χ2v) is 5.72. The van der Waals surface area contributed by atoms with Gasteiger partial charge in [0, 0.05) is 35.1 Å². The van der Waals surface area contributed by atoms with Gasteiger partial charge in [-0.15, -0.1) is 11.3 Å². The second-order valence-electron chi connectivity index (χ2n) is 4.88. The van der Waals surface area contributed by atoms with E-state index in [0.717, 1.165) is 17.0 Å². The van der Waals surface area contributed by atoms with Crippen LogP contribution in [0.1, 0.15) is 5.69 Å². The van der Waals surface area contributed by atoms with Gasteiger partial charge in [-0.1, -0.05) is 30.3 Å². The summed E-state index contributed by atoms with van der Waals surface area (Å²) in [6, 6.07) is 15.4. The van der Waals surface area contributed by atoms with Gasteiger partial charge in [-0.3, -0.25) is 9.89 Å². The van der Waals surface area contributed by atoms with Crippen molar-refractivity contribution in [3.63, 3.8) is 0 Å². The highest BCUT2D eigenvalue weighted by atomic mass is 32.1. The highest BCUT2D eigenvalue weighted by molar-refractivity contribution is 7.12. The van der Waals surface area contributed by atoms with Crippen molar-refractivity contribution in [3.05, 3.63) is 82.4 Å². The Balaban J connectivity index is 0.000000267. The molecule has 23 heavy (non-hydrogen) atoms. The number of thiazole rings is 1. The first-order valence-electron chi connectivity index (χ1n) is 7.12. The molecule has 5 nitrogen and oxygen atoms in total. The number of hydrogen-bond donors (Lipinski definition) is 2. The fourth-order valence-corrected chi connectivity index (χ4v) is 2.84. The summed E-state index contributed by atoms with van der Waals surface area (Å²) in [5.74, 6) is 0. The highest BCUT2D eigenvalue weighted by Gasteiger charge is 2.08. The third-order valence-electron chi connectivity index (χ3n) is 3.10. The number of aromatic amines is 2. The number of benzene rings is 1. The van der Waals surface area contributed by atoms with Crippen LogP contribution in [-0.2, 0) is 0 Å². The van der Waals surface area contributed by atoms with Gasteiger partial charge in [0.25, 0.3) is 5.56 Å². The molecule has 0 saturated heterocycles. The van der Waals surface area contributed by atoms with Crippen molar-refractivity contribution in [1.29, 1.82) is 0 Å². The number of aromatic nitrogens is 4. The molecule has 6 heteroatoms. The molecule has 0 fully saturated rings. The van der Waals surface area contributed by atoms with Gasteiger partial charge in [-0.25, -0.2) is 4.98 Å². The van der Waals surface area contributed by atoms with Crippen molar-refractivity contribution in [2.24, 2.45) is 0 Å². The normalized spacial score (nSPS) is 10.1. The average molecular weight is 324 g/mol. The summed E-state index contributed by atoms with van der Waals surface area (Å²) in [6.07, 6.45) is 3.75. The molecule has 1 aromatic carbocycles. The van der Waals surface area contributed by atoms with E-state index < -0.39 is 0 Å². The summed E-state index contributed by atoms with van der Waals surface area (Å²) in [4.78, 5) is 19.0. The molecular weight excluding hydrogens is 308 g/mol. The van der Waals surface area contributed by atoms with E-state index in [9.17, 15) is 4.79 Å². The zero-order valence-corrected chi connectivity index (χ0v) is 13.4. The van der Waals surface area contributed by atoms with Crippen molar-refractivity contribution < 1.29 is 0 Å². The zero-order valence-electron chi connectivity index (χ0n) is 12.6. The minimum absolute atomic E-state index is 0.0820. The molecule has 0 spiro atoms. The first-order valence-corrected chi connectivity index (χ1v) is 8.00. The van der Waals surface area contributed by atoms with Gasteiger partial charge in [-0.05, 0) is 19.1 Å². The van der Waals surface area contributed by atoms with Crippen molar-refractivity contribution in [1.82, 2.24) is 19.7 Å². The minimum Gasteiger partial charge on any atom is -0.368 e. The zero-order chi connectivity index (χ0) is 16.1. The van der Waals surface area contributed by atoms with E-state index >= 15 is 0 Å². The highest BCUT2D eigenvalue weighted by Crippen LogP contribution is 2.22. The number of hydrogen-bond acceptors (Lipinski definition) is 3. The fourth-order valence-electron chi connectivity index (χ4n) is 2.04. The summed E-state index contributed by atoms with van der Waals surface area (Å²) in [6.45, 7) is 1.85. The topological polar surface area (TPSA) is 66.5 Å². The smallest absolute Gasteiger partial charge is 0.273 e. The van der Waals surface area contributed by atoms with E-state index in [1.165, 1.54) is 16.0 Å². The molecular formula is C17H16N4OS. The number of rotatable bonds is 2. The van der Waals surface area contributed by atoms with Gasteiger partial charge in [0.05, 0.1) is 5.69 Å². The second kappa shape index (κ2) is 6.93. The monoisotopic (exact) mass is 324 g/mol. The maximum absolute atomic E-state index is 11.7. The van der Waals surface area contributed by atoms with E-state index in [0.29, 0.717) is 5.13 Å². The summed E-state index contributed by atoms with van der Waals surface area (Å²) in [5.41, 5.74) is 2.68. The molecule has 3 heterocycles. The molecule has 4 aromatic rings. The van der Waals surface area contributed by atoms with Gasteiger partial charge in [0.1, 0.15) is 0 Å². The Kier molecular flexibility index (Phi) is 4.54. The molecule has 0 bridgehead atoms. The van der Waals surface area contributed by atoms with Gasteiger partial charge in [-0.2, -0.15) is 4.68 Å². The number of aryl methyl sites for hydroxylation is 1. The maximum atomic E-state index is 11.7. The third-order valence-corrected chi connectivity index (χ3v) is 3.92. The molecule has 0 aliphatic rings. The number of nitrogens with one attached hydrogen (secondary N) is 2. The van der Waals surface area contributed by atoms with Crippen LogP contribution in [0.25, 0.3) is 16.4 Å². The van der Waals surface area contributed by atoms with Crippen LogP contribution in [0.2, 0.25) is 0 Å². The quantitative estimate of drug-likeness (QED) is 0.591. The van der Waals surface area contributed by atoms with Gasteiger partial charge >= 0.3 is 0 Å². The fraction of sp³-hybridized carbons (Fsp3) is 0.0588. The van der Waals surface area contributed by atoms with E-state index in [2.05, 4.69) is 15.1 Å². The Morgan fingerprint density at radius 1 is 1.09 bits per heavy atom. The Morgan fingerprint density at radius 3 is 2.39 bits per heavy atom. The Bertz CT molecular complexity index is 886. The predicted octanol–water partition coefficient (Wildman–Crippen LogP) is 3.61. The van der Waals surface area contributed by atoms with Crippen LogP contribution < -0.4 is 5.56 Å². The molecule has 116 valence electrons. The standard InChI is InChI=1S/C13H11N3OS.C4H5N/c1-9-7-12(17)16(15-9)13-14-11(8-18-13)10-5-3-2-4-6-10;1-2-4-5-3-1/h2-8,15H,1H3;1-5H. The molecule has 2 N–H and O–H groups in total. The summed E-state index contributed by atoms with van der Waals surface area (Å²) < 4.78 is 1.46. The number of H-pyrrole nitrogens is 2. The first kappa shape index (κ1) is 15.1. The van der Waals surface area contributed by atoms with E-state index in [1.807, 2.05) is 67.2 Å². The predicted molar refractivity (Wildman–Crippen MR) is 93.0 cm³/mol. The van der Waals surface area contributed by atoms with Crippen LogP contribution >= 0.6 is 11.3 Å². The van der Waals surface area contributed by atoms with Crippen molar-refractivity contribution >= 4 is 11.3 Å². The maximum Gasteiger partial charge on any atom is 0.273 e. The Morgan fingerprint density at radius 2 is 1.83 bits per heavy atom. The lowest BCUT2D eigenvalue weighted by Crippen LogP contribution is -2.12. The minimum atomic E-state index is -0.0820. The van der Waals surface area contributed by atoms with Crippen LogP contribution in [0.5, 0.6) is 0 Å². The average Bonchev–Trinajstić information content (AvgIpc) is 3.30. The van der Waals surface area contributed by atoms with E-state index in [1.54, 1.807) is 6.07 Å². The van der Waals surface area contributed by atoms with Gasteiger partial charge in [0.15, 0.2) is 0 Å². The molecule has 3 aromatic heterocycles. The third kappa shape index (κ3) is 3.67. The van der Waals surface area contributed by atoms with Crippen LogP contribution in [0.15, 0.2) is 71.1 Å². The molecule has 0 saturated carbocycles. The Hall–Kier alpha value is -2.86.